The van der Waals surface area contributed by atoms with E-state index in [2.05, 4.69) is 35.7 Å². The third-order valence-corrected chi connectivity index (χ3v) is 3.41. The van der Waals surface area contributed by atoms with Crippen LogP contribution < -0.4 is 9.64 Å². The van der Waals surface area contributed by atoms with Crippen LogP contribution in [0.5, 0.6) is 5.88 Å². The molecule has 1 saturated heterocycles. The molecule has 0 unspecified atom stereocenters. The fourth-order valence-electron chi connectivity index (χ4n) is 2.11. The number of halogens is 1. The summed E-state index contributed by atoms with van der Waals surface area (Å²) in [5.74, 6) is 1.52. The molecule has 0 radical (unpaired) electrons. The van der Waals surface area contributed by atoms with E-state index < -0.39 is 0 Å². The van der Waals surface area contributed by atoms with Crippen LogP contribution >= 0.6 is 15.9 Å². The fourth-order valence-corrected chi connectivity index (χ4v) is 2.61. The van der Waals surface area contributed by atoms with E-state index in [1.165, 1.54) is 0 Å². The number of anilines is 1. The summed E-state index contributed by atoms with van der Waals surface area (Å²) in [6.45, 7) is 9.22. The summed E-state index contributed by atoms with van der Waals surface area (Å²) >= 11 is 3.48. The Morgan fingerprint density at radius 2 is 2.00 bits per heavy atom. The number of piperazine rings is 1. The molecule has 1 aliphatic heterocycles. The maximum Gasteiger partial charge on any atom is 0.234 e. The molecule has 5 nitrogen and oxygen atoms in total. The van der Waals surface area contributed by atoms with Crippen LogP contribution in [0.2, 0.25) is 0 Å². The van der Waals surface area contributed by atoms with E-state index in [-0.39, 0.29) is 6.10 Å². The molecule has 0 saturated carbocycles. The average Bonchev–Trinajstić information content (AvgIpc) is 2.39. The van der Waals surface area contributed by atoms with Gasteiger partial charge in [-0.3, -0.25) is 9.88 Å². The quantitative estimate of drug-likeness (QED) is 0.771. The van der Waals surface area contributed by atoms with Gasteiger partial charge in [0.15, 0.2) is 5.82 Å². The summed E-state index contributed by atoms with van der Waals surface area (Å²) in [5.41, 5.74) is 0. The maximum atomic E-state index is 5.59. The van der Waals surface area contributed by atoms with Gasteiger partial charge in [-0.15, -0.1) is 0 Å². The van der Waals surface area contributed by atoms with Crippen LogP contribution in [0.15, 0.2) is 12.4 Å². The van der Waals surface area contributed by atoms with Crippen LogP contribution in [0.3, 0.4) is 0 Å². The number of aromatic nitrogens is 2. The lowest BCUT2D eigenvalue weighted by Gasteiger charge is -2.34. The van der Waals surface area contributed by atoms with Crippen molar-refractivity contribution < 1.29 is 4.74 Å². The molecule has 0 amide bonds. The Morgan fingerprint density at radius 1 is 1.26 bits per heavy atom. The smallest absolute Gasteiger partial charge is 0.234 e. The molecule has 1 fully saturated rings. The first-order chi connectivity index (χ1) is 9.19. The molecule has 19 heavy (non-hydrogen) atoms. The largest absolute Gasteiger partial charge is 0.474 e. The Labute approximate surface area is 123 Å². The highest BCUT2D eigenvalue weighted by Crippen LogP contribution is 2.16. The molecule has 0 aliphatic carbocycles. The van der Waals surface area contributed by atoms with E-state index in [1.807, 2.05) is 20.0 Å². The number of rotatable bonds is 5. The minimum atomic E-state index is 0.125. The Kier molecular flexibility index (Phi) is 5.39. The zero-order valence-electron chi connectivity index (χ0n) is 11.5. The second kappa shape index (κ2) is 7.05. The molecule has 1 aliphatic rings. The van der Waals surface area contributed by atoms with Crippen molar-refractivity contribution >= 4 is 21.7 Å². The maximum absolute atomic E-state index is 5.59. The first-order valence-electron chi connectivity index (χ1n) is 6.71. The number of nitrogens with zero attached hydrogens (tertiary/aromatic N) is 4. The zero-order valence-corrected chi connectivity index (χ0v) is 13.1. The molecule has 106 valence electrons. The minimum absolute atomic E-state index is 0.125. The summed E-state index contributed by atoms with van der Waals surface area (Å²) in [6.07, 6.45) is 3.61. The van der Waals surface area contributed by atoms with Gasteiger partial charge >= 0.3 is 0 Å². The second-order valence-electron chi connectivity index (χ2n) is 4.90. The Bertz CT molecular complexity index is 394. The highest BCUT2D eigenvalue weighted by atomic mass is 79.9. The summed E-state index contributed by atoms with van der Waals surface area (Å²) in [5, 5.41) is 1.03. The third kappa shape index (κ3) is 4.31. The Balaban J connectivity index is 1.95. The van der Waals surface area contributed by atoms with Crippen LogP contribution in [0.1, 0.15) is 13.8 Å². The summed E-state index contributed by atoms with van der Waals surface area (Å²) < 4.78 is 5.59. The highest BCUT2D eigenvalue weighted by Gasteiger charge is 2.18. The number of hydrogen-bond donors (Lipinski definition) is 0. The lowest BCUT2D eigenvalue weighted by Crippen LogP contribution is -2.47. The van der Waals surface area contributed by atoms with Crippen molar-refractivity contribution in [1.29, 1.82) is 0 Å². The summed E-state index contributed by atoms with van der Waals surface area (Å²) in [4.78, 5) is 13.5. The van der Waals surface area contributed by atoms with Crippen molar-refractivity contribution in [2.75, 3.05) is 43.0 Å². The lowest BCUT2D eigenvalue weighted by atomic mass is 10.3. The van der Waals surface area contributed by atoms with Gasteiger partial charge in [0.05, 0.1) is 18.5 Å². The van der Waals surface area contributed by atoms with Crippen LogP contribution in [0.25, 0.3) is 0 Å². The molecule has 1 aromatic heterocycles. The zero-order chi connectivity index (χ0) is 13.7. The topological polar surface area (TPSA) is 41.5 Å². The molecule has 0 atom stereocenters. The van der Waals surface area contributed by atoms with Gasteiger partial charge in [-0.1, -0.05) is 15.9 Å². The molecule has 0 bridgehead atoms. The van der Waals surface area contributed by atoms with E-state index in [1.54, 1.807) is 6.20 Å². The van der Waals surface area contributed by atoms with Gasteiger partial charge in [0.2, 0.25) is 5.88 Å². The van der Waals surface area contributed by atoms with Crippen LogP contribution in [0.4, 0.5) is 5.82 Å². The van der Waals surface area contributed by atoms with E-state index in [4.69, 9.17) is 4.74 Å². The number of hydrogen-bond acceptors (Lipinski definition) is 5. The number of ether oxygens (including phenoxy) is 1. The molecule has 0 spiro atoms. The van der Waals surface area contributed by atoms with Crippen LogP contribution in [-0.4, -0.2) is 59.0 Å². The molecule has 1 aromatic rings. The fraction of sp³-hybridized carbons (Fsp3) is 0.692. The van der Waals surface area contributed by atoms with Gasteiger partial charge in [-0.2, -0.15) is 4.98 Å². The Hall–Kier alpha value is -0.880. The molecule has 0 N–H and O–H groups in total. The van der Waals surface area contributed by atoms with Gasteiger partial charge in [0.1, 0.15) is 0 Å². The lowest BCUT2D eigenvalue weighted by molar-refractivity contribution is 0.231. The summed E-state index contributed by atoms with van der Waals surface area (Å²) in [6, 6.07) is 0. The van der Waals surface area contributed by atoms with Gasteiger partial charge in [-0.25, -0.2) is 0 Å². The average molecular weight is 329 g/mol. The van der Waals surface area contributed by atoms with Crippen molar-refractivity contribution in [2.45, 2.75) is 20.0 Å². The van der Waals surface area contributed by atoms with Crippen molar-refractivity contribution in [2.24, 2.45) is 0 Å². The van der Waals surface area contributed by atoms with E-state index >= 15 is 0 Å². The van der Waals surface area contributed by atoms with Crippen LogP contribution in [0, 0.1) is 0 Å². The van der Waals surface area contributed by atoms with Gasteiger partial charge < -0.3 is 9.64 Å². The van der Waals surface area contributed by atoms with Gasteiger partial charge in [0.25, 0.3) is 0 Å². The molecular formula is C13H21BrN4O. The van der Waals surface area contributed by atoms with Gasteiger partial charge in [-0.05, 0) is 13.8 Å². The SMILES string of the molecule is CC(C)Oc1cncc(N2CCN(CCBr)CC2)n1. The van der Waals surface area contributed by atoms with E-state index in [0.29, 0.717) is 5.88 Å². The third-order valence-electron chi connectivity index (χ3n) is 3.05. The molecule has 6 heteroatoms. The van der Waals surface area contributed by atoms with Crippen molar-refractivity contribution in [1.82, 2.24) is 14.9 Å². The van der Waals surface area contributed by atoms with Crippen molar-refractivity contribution in [3.8, 4) is 5.88 Å². The van der Waals surface area contributed by atoms with E-state index in [9.17, 15) is 0 Å². The number of alkyl halides is 1. The second-order valence-corrected chi connectivity index (χ2v) is 5.69. The normalized spacial score (nSPS) is 16.9. The monoisotopic (exact) mass is 328 g/mol. The predicted octanol–water partition coefficient (Wildman–Crippen LogP) is 1.78. The van der Waals surface area contributed by atoms with Crippen LogP contribution in [-0.2, 0) is 0 Å². The predicted molar refractivity (Wildman–Crippen MR) is 80.2 cm³/mol. The Morgan fingerprint density at radius 3 is 2.63 bits per heavy atom. The minimum Gasteiger partial charge on any atom is -0.474 e. The molecule has 2 rings (SSSR count). The highest BCUT2D eigenvalue weighted by molar-refractivity contribution is 9.09. The van der Waals surface area contributed by atoms with Crippen molar-refractivity contribution in [3.63, 3.8) is 0 Å². The molecular weight excluding hydrogens is 308 g/mol. The molecule has 2 heterocycles. The van der Waals surface area contributed by atoms with Crippen molar-refractivity contribution in [3.05, 3.63) is 12.4 Å². The first kappa shape index (κ1) is 14.5. The van der Waals surface area contributed by atoms with E-state index in [0.717, 1.165) is 43.9 Å². The molecule has 0 aromatic carbocycles. The first-order valence-corrected chi connectivity index (χ1v) is 7.83. The summed E-state index contributed by atoms with van der Waals surface area (Å²) in [7, 11) is 0. The van der Waals surface area contributed by atoms with Gasteiger partial charge in [0, 0.05) is 38.1 Å². The standard InChI is InChI=1S/C13H21BrN4O/c1-11(2)19-13-10-15-9-12(16-13)18-7-5-17(4-3-14)6-8-18/h9-11H,3-8H2,1-2H3.